The summed E-state index contributed by atoms with van der Waals surface area (Å²) in [4.78, 5) is 17.6. The van der Waals surface area contributed by atoms with Gasteiger partial charge in [-0.1, -0.05) is 41.6 Å². The molecule has 0 atom stereocenters. The largest absolute Gasteiger partial charge is 0.396 e. The molecule has 3 rings (SSSR count). The number of aliphatic hydroxyl groups excluding tert-OH is 1. The summed E-state index contributed by atoms with van der Waals surface area (Å²) in [6.07, 6.45) is 0. The van der Waals surface area contributed by atoms with Gasteiger partial charge < -0.3 is 5.11 Å². The summed E-state index contributed by atoms with van der Waals surface area (Å²) in [6, 6.07) is 12.7. The number of thioether (sulfide) groups is 1. The number of aromatic nitrogens is 2. The van der Waals surface area contributed by atoms with Gasteiger partial charge in [-0.2, -0.15) is 0 Å². The topological polar surface area (TPSA) is 55.1 Å². The zero-order valence-electron chi connectivity index (χ0n) is 12.5. The van der Waals surface area contributed by atoms with Crippen molar-refractivity contribution in [2.45, 2.75) is 12.1 Å². The number of para-hydroxylation sites is 1. The minimum atomic E-state index is -0.138. The highest BCUT2D eigenvalue weighted by Crippen LogP contribution is 2.24. The molecule has 2 aromatic carbocycles. The summed E-state index contributed by atoms with van der Waals surface area (Å²) in [5, 5.41) is 10.7. The molecule has 0 radical (unpaired) electrons. The summed E-state index contributed by atoms with van der Waals surface area (Å²) >= 11 is 7.36. The Morgan fingerprint density at radius 3 is 2.78 bits per heavy atom. The smallest absolute Gasteiger partial charge is 0.266 e. The van der Waals surface area contributed by atoms with Gasteiger partial charge >= 0.3 is 0 Å². The van der Waals surface area contributed by atoms with E-state index in [0.717, 1.165) is 11.3 Å². The van der Waals surface area contributed by atoms with E-state index in [1.165, 1.54) is 11.8 Å². The van der Waals surface area contributed by atoms with Crippen LogP contribution in [-0.4, -0.2) is 27.0 Å². The maximum absolute atomic E-state index is 13.0. The third-order valence-corrected chi connectivity index (χ3v) is 4.63. The van der Waals surface area contributed by atoms with Crippen LogP contribution in [0.2, 0.25) is 5.02 Å². The summed E-state index contributed by atoms with van der Waals surface area (Å²) in [7, 11) is 0. The molecule has 0 bridgehead atoms. The quantitative estimate of drug-likeness (QED) is 0.581. The molecule has 0 spiro atoms. The van der Waals surface area contributed by atoms with Crippen molar-refractivity contribution in [2.75, 3.05) is 12.4 Å². The fourth-order valence-electron chi connectivity index (χ4n) is 2.40. The number of hydrogen-bond acceptors (Lipinski definition) is 4. The van der Waals surface area contributed by atoms with Gasteiger partial charge in [-0.05, 0) is 36.8 Å². The number of nitrogens with zero attached hydrogens (tertiary/aromatic N) is 2. The van der Waals surface area contributed by atoms with Crippen LogP contribution in [0.3, 0.4) is 0 Å². The molecule has 1 heterocycles. The molecule has 1 aromatic heterocycles. The lowest BCUT2D eigenvalue weighted by molar-refractivity contribution is 0.322. The molecule has 6 heteroatoms. The second-order valence-corrected chi connectivity index (χ2v) is 6.55. The molecule has 0 aliphatic rings. The Bertz CT molecular complexity index is 924. The molecule has 0 fully saturated rings. The second kappa shape index (κ2) is 6.74. The first kappa shape index (κ1) is 16.1. The first-order chi connectivity index (χ1) is 11.1. The van der Waals surface area contributed by atoms with Crippen molar-refractivity contribution in [3.05, 3.63) is 63.4 Å². The molecule has 0 saturated heterocycles. The lowest BCUT2D eigenvalue weighted by Crippen LogP contribution is -2.22. The van der Waals surface area contributed by atoms with Crippen LogP contribution in [-0.2, 0) is 0 Å². The number of aliphatic hydroxyl groups is 1. The van der Waals surface area contributed by atoms with Crippen molar-refractivity contribution in [3.63, 3.8) is 0 Å². The first-order valence-corrected chi connectivity index (χ1v) is 8.50. The van der Waals surface area contributed by atoms with Gasteiger partial charge in [0.25, 0.3) is 5.56 Å². The molecule has 0 aliphatic carbocycles. The van der Waals surface area contributed by atoms with Gasteiger partial charge in [-0.3, -0.25) is 9.36 Å². The predicted octanol–water partition coefficient (Wildman–Crippen LogP) is 3.43. The van der Waals surface area contributed by atoms with Gasteiger partial charge in [0.2, 0.25) is 0 Å². The number of fused-ring (bicyclic) bond motifs is 1. The summed E-state index contributed by atoms with van der Waals surface area (Å²) in [6.45, 7) is 1.97. The molecular weight excluding hydrogens is 332 g/mol. The molecular formula is C17H15ClN2O2S. The zero-order valence-corrected chi connectivity index (χ0v) is 14.1. The maximum atomic E-state index is 13.0. The lowest BCUT2D eigenvalue weighted by Gasteiger charge is -2.14. The molecule has 0 unspecified atom stereocenters. The van der Waals surface area contributed by atoms with Crippen molar-refractivity contribution < 1.29 is 5.11 Å². The molecule has 0 saturated carbocycles. The third kappa shape index (κ3) is 3.13. The normalized spacial score (nSPS) is 11.1. The average Bonchev–Trinajstić information content (AvgIpc) is 2.54. The molecule has 0 amide bonds. The van der Waals surface area contributed by atoms with E-state index in [4.69, 9.17) is 16.7 Å². The van der Waals surface area contributed by atoms with Crippen LogP contribution in [0.4, 0.5) is 0 Å². The van der Waals surface area contributed by atoms with Crippen molar-refractivity contribution in [3.8, 4) is 5.69 Å². The Labute approximate surface area is 142 Å². The fraction of sp³-hybridized carbons (Fsp3) is 0.176. The molecule has 3 aromatic rings. The minimum Gasteiger partial charge on any atom is -0.396 e. The van der Waals surface area contributed by atoms with E-state index in [9.17, 15) is 4.79 Å². The minimum absolute atomic E-state index is 0.0158. The predicted molar refractivity (Wildman–Crippen MR) is 94.9 cm³/mol. The zero-order chi connectivity index (χ0) is 16.4. The molecule has 0 aliphatic heterocycles. The standard InChI is InChI=1S/C17H15ClN2O2S/c1-11-4-2-3-5-15(11)20-16(22)13-7-6-12(18)10-14(13)19-17(20)23-9-8-21/h2-7,10,21H,8-9H2,1H3. The summed E-state index contributed by atoms with van der Waals surface area (Å²) in [5.74, 6) is 0.463. The molecule has 118 valence electrons. The summed E-state index contributed by atoms with van der Waals surface area (Å²) in [5.41, 5.74) is 2.20. The number of aryl methyl sites for hydroxylation is 1. The van der Waals surface area contributed by atoms with Gasteiger partial charge in [0.15, 0.2) is 5.16 Å². The Morgan fingerprint density at radius 2 is 2.04 bits per heavy atom. The van der Waals surface area contributed by atoms with Gasteiger partial charge in [-0.25, -0.2) is 4.98 Å². The molecule has 23 heavy (non-hydrogen) atoms. The van der Waals surface area contributed by atoms with Crippen LogP contribution in [0, 0.1) is 6.92 Å². The van der Waals surface area contributed by atoms with Crippen LogP contribution in [0.15, 0.2) is 52.4 Å². The van der Waals surface area contributed by atoms with Crippen LogP contribution in [0.25, 0.3) is 16.6 Å². The van der Waals surface area contributed by atoms with E-state index in [1.54, 1.807) is 22.8 Å². The second-order valence-electron chi connectivity index (χ2n) is 5.05. The lowest BCUT2D eigenvalue weighted by atomic mass is 10.2. The third-order valence-electron chi connectivity index (χ3n) is 3.48. The van der Waals surface area contributed by atoms with Crippen LogP contribution < -0.4 is 5.56 Å². The van der Waals surface area contributed by atoms with E-state index >= 15 is 0 Å². The SMILES string of the molecule is Cc1ccccc1-n1c(SCCO)nc2cc(Cl)ccc2c1=O. The number of halogens is 1. The Morgan fingerprint density at radius 1 is 1.26 bits per heavy atom. The van der Waals surface area contributed by atoms with E-state index in [-0.39, 0.29) is 12.2 Å². The van der Waals surface area contributed by atoms with E-state index in [1.807, 2.05) is 31.2 Å². The highest BCUT2D eigenvalue weighted by molar-refractivity contribution is 7.99. The molecule has 4 nitrogen and oxygen atoms in total. The van der Waals surface area contributed by atoms with E-state index in [2.05, 4.69) is 4.98 Å². The van der Waals surface area contributed by atoms with Crippen LogP contribution >= 0.6 is 23.4 Å². The van der Waals surface area contributed by atoms with Gasteiger partial charge in [0.05, 0.1) is 23.2 Å². The van der Waals surface area contributed by atoms with E-state index < -0.39 is 0 Å². The number of benzene rings is 2. The van der Waals surface area contributed by atoms with Gasteiger partial charge in [-0.15, -0.1) is 0 Å². The van der Waals surface area contributed by atoms with Crippen LogP contribution in [0.1, 0.15) is 5.56 Å². The first-order valence-electron chi connectivity index (χ1n) is 7.14. The fourth-order valence-corrected chi connectivity index (χ4v) is 3.31. The monoisotopic (exact) mass is 346 g/mol. The Hall–Kier alpha value is -1.82. The summed E-state index contributed by atoms with van der Waals surface area (Å²) < 4.78 is 1.60. The van der Waals surface area contributed by atoms with Crippen molar-refractivity contribution >= 4 is 34.3 Å². The Kier molecular flexibility index (Phi) is 4.71. The van der Waals surface area contributed by atoms with Crippen molar-refractivity contribution in [1.82, 2.24) is 9.55 Å². The van der Waals surface area contributed by atoms with Gasteiger partial charge in [0, 0.05) is 10.8 Å². The highest BCUT2D eigenvalue weighted by Gasteiger charge is 2.14. The van der Waals surface area contributed by atoms with Crippen LogP contribution in [0.5, 0.6) is 0 Å². The van der Waals surface area contributed by atoms with E-state index in [0.29, 0.717) is 26.8 Å². The van der Waals surface area contributed by atoms with Gasteiger partial charge in [0.1, 0.15) is 0 Å². The Balaban J connectivity index is 2.34. The maximum Gasteiger partial charge on any atom is 0.266 e. The van der Waals surface area contributed by atoms with Crippen molar-refractivity contribution in [1.29, 1.82) is 0 Å². The highest BCUT2D eigenvalue weighted by atomic mass is 35.5. The number of hydrogen-bond donors (Lipinski definition) is 1. The number of rotatable bonds is 4. The average molecular weight is 347 g/mol. The molecule has 1 N–H and O–H groups in total. The van der Waals surface area contributed by atoms with Crippen molar-refractivity contribution in [2.24, 2.45) is 0 Å².